The Bertz CT molecular complexity index is 424. The minimum atomic E-state index is -0.640. The van der Waals surface area contributed by atoms with Crippen LogP contribution in [0.4, 0.5) is 0 Å². The molecule has 3 heteroatoms. The molecule has 0 unspecified atom stereocenters. The molecule has 0 N–H and O–H groups in total. The summed E-state index contributed by atoms with van der Waals surface area (Å²) in [5.41, 5.74) is 2.75. The zero-order valence-corrected chi connectivity index (χ0v) is 12.1. The molecule has 1 aromatic rings. The van der Waals surface area contributed by atoms with Crippen molar-refractivity contribution in [1.29, 1.82) is 0 Å². The quantitative estimate of drug-likeness (QED) is 0.770. The maximum atomic E-state index is 11.6. The van der Waals surface area contributed by atoms with E-state index in [0.29, 0.717) is 6.61 Å². The smallest absolute Gasteiger partial charge is 0.314 e. The Morgan fingerprint density at radius 1 is 1.17 bits per heavy atom. The van der Waals surface area contributed by atoms with Gasteiger partial charge in [-0.3, -0.25) is 4.79 Å². The SMILES string of the molecule is COC(=O)C(C)(C)COc1c(C)cc(C)cc1C. The van der Waals surface area contributed by atoms with Crippen molar-refractivity contribution >= 4 is 5.97 Å². The Kier molecular flexibility index (Phi) is 4.38. The standard InChI is InChI=1S/C15H22O3/c1-10-7-11(2)13(12(3)8-10)18-9-15(4,5)14(16)17-6/h7-8H,9H2,1-6H3. The van der Waals surface area contributed by atoms with Gasteiger partial charge >= 0.3 is 5.97 Å². The summed E-state index contributed by atoms with van der Waals surface area (Å²) >= 11 is 0. The van der Waals surface area contributed by atoms with E-state index in [2.05, 4.69) is 19.1 Å². The van der Waals surface area contributed by atoms with Crippen LogP contribution in [0.5, 0.6) is 5.75 Å². The van der Waals surface area contributed by atoms with Gasteiger partial charge in [-0.05, 0) is 45.7 Å². The molecule has 0 heterocycles. The molecule has 0 aliphatic heterocycles. The predicted molar refractivity (Wildman–Crippen MR) is 71.9 cm³/mol. The van der Waals surface area contributed by atoms with E-state index in [0.717, 1.165) is 16.9 Å². The van der Waals surface area contributed by atoms with Crippen molar-refractivity contribution in [3.8, 4) is 5.75 Å². The molecule has 0 radical (unpaired) electrons. The van der Waals surface area contributed by atoms with Crippen molar-refractivity contribution < 1.29 is 14.3 Å². The number of carbonyl (C=O) groups is 1. The van der Waals surface area contributed by atoms with Crippen LogP contribution in [0.3, 0.4) is 0 Å². The number of hydrogen-bond acceptors (Lipinski definition) is 3. The fourth-order valence-corrected chi connectivity index (χ4v) is 1.98. The number of aryl methyl sites for hydroxylation is 3. The van der Waals surface area contributed by atoms with E-state index in [1.54, 1.807) is 0 Å². The van der Waals surface area contributed by atoms with Gasteiger partial charge in [0.05, 0.1) is 12.5 Å². The molecule has 1 rings (SSSR count). The van der Waals surface area contributed by atoms with E-state index in [1.165, 1.54) is 12.7 Å². The third-order valence-corrected chi connectivity index (χ3v) is 2.92. The van der Waals surface area contributed by atoms with E-state index in [4.69, 9.17) is 9.47 Å². The molecule has 0 fully saturated rings. The molecule has 0 atom stereocenters. The van der Waals surface area contributed by atoms with E-state index in [9.17, 15) is 4.79 Å². The van der Waals surface area contributed by atoms with Crippen LogP contribution in [-0.4, -0.2) is 19.7 Å². The Balaban J connectivity index is 2.84. The Hall–Kier alpha value is -1.51. The summed E-state index contributed by atoms with van der Waals surface area (Å²) < 4.78 is 10.6. The molecule has 3 nitrogen and oxygen atoms in total. The summed E-state index contributed by atoms with van der Waals surface area (Å²) in [6, 6.07) is 4.15. The van der Waals surface area contributed by atoms with Crippen LogP contribution >= 0.6 is 0 Å². The number of hydrogen-bond donors (Lipinski definition) is 0. The van der Waals surface area contributed by atoms with Gasteiger partial charge in [-0.2, -0.15) is 0 Å². The van der Waals surface area contributed by atoms with Crippen molar-refractivity contribution in [2.24, 2.45) is 5.41 Å². The first-order chi connectivity index (χ1) is 8.27. The van der Waals surface area contributed by atoms with Crippen LogP contribution < -0.4 is 4.74 Å². The summed E-state index contributed by atoms with van der Waals surface area (Å²) in [5, 5.41) is 0. The number of benzene rings is 1. The zero-order valence-electron chi connectivity index (χ0n) is 12.1. The van der Waals surface area contributed by atoms with Crippen molar-refractivity contribution in [3.05, 3.63) is 28.8 Å². The minimum absolute atomic E-state index is 0.259. The van der Waals surface area contributed by atoms with Crippen LogP contribution in [0.15, 0.2) is 12.1 Å². The molecule has 0 bridgehead atoms. The number of rotatable bonds is 4. The second kappa shape index (κ2) is 5.42. The fraction of sp³-hybridized carbons (Fsp3) is 0.533. The normalized spacial score (nSPS) is 11.2. The molecule has 0 saturated heterocycles. The van der Waals surface area contributed by atoms with Gasteiger partial charge in [-0.1, -0.05) is 17.7 Å². The molecule has 0 amide bonds. The molecule has 1 aromatic carbocycles. The van der Waals surface area contributed by atoms with Gasteiger partial charge in [-0.25, -0.2) is 0 Å². The lowest BCUT2D eigenvalue weighted by Crippen LogP contribution is -2.32. The van der Waals surface area contributed by atoms with Crippen LogP contribution in [0, 0.1) is 26.2 Å². The van der Waals surface area contributed by atoms with Gasteiger partial charge in [0.25, 0.3) is 0 Å². The Labute approximate surface area is 109 Å². The predicted octanol–water partition coefficient (Wildman–Crippen LogP) is 3.19. The maximum absolute atomic E-state index is 11.6. The highest BCUT2D eigenvalue weighted by Crippen LogP contribution is 2.27. The minimum Gasteiger partial charge on any atom is -0.492 e. The first-order valence-electron chi connectivity index (χ1n) is 6.07. The van der Waals surface area contributed by atoms with Crippen molar-refractivity contribution in [3.63, 3.8) is 0 Å². The highest BCUT2D eigenvalue weighted by atomic mass is 16.5. The average molecular weight is 250 g/mol. The van der Waals surface area contributed by atoms with Gasteiger partial charge in [-0.15, -0.1) is 0 Å². The largest absolute Gasteiger partial charge is 0.492 e. The van der Waals surface area contributed by atoms with Gasteiger partial charge in [0.1, 0.15) is 12.4 Å². The molecule has 0 aliphatic rings. The first-order valence-corrected chi connectivity index (χ1v) is 6.07. The lowest BCUT2D eigenvalue weighted by atomic mass is 9.95. The van der Waals surface area contributed by atoms with Crippen molar-refractivity contribution in [2.75, 3.05) is 13.7 Å². The average Bonchev–Trinajstić information content (AvgIpc) is 2.26. The van der Waals surface area contributed by atoms with E-state index in [1.807, 2.05) is 27.7 Å². The second-order valence-electron chi connectivity index (χ2n) is 5.39. The fourth-order valence-electron chi connectivity index (χ4n) is 1.98. The van der Waals surface area contributed by atoms with Crippen LogP contribution in [0.1, 0.15) is 30.5 Å². The summed E-state index contributed by atoms with van der Waals surface area (Å²) in [4.78, 5) is 11.6. The van der Waals surface area contributed by atoms with Crippen LogP contribution in [0.25, 0.3) is 0 Å². The Morgan fingerprint density at radius 2 is 1.67 bits per heavy atom. The van der Waals surface area contributed by atoms with Gasteiger partial charge in [0, 0.05) is 0 Å². The molecule has 100 valence electrons. The van der Waals surface area contributed by atoms with Gasteiger partial charge in [0.2, 0.25) is 0 Å². The zero-order chi connectivity index (χ0) is 13.9. The molecule has 0 saturated carbocycles. The van der Waals surface area contributed by atoms with E-state index >= 15 is 0 Å². The lowest BCUT2D eigenvalue weighted by molar-refractivity contribution is -0.152. The third-order valence-electron chi connectivity index (χ3n) is 2.92. The lowest BCUT2D eigenvalue weighted by Gasteiger charge is -2.23. The molecule has 18 heavy (non-hydrogen) atoms. The molecule has 0 aliphatic carbocycles. The molecular weight excluding hydrogens is 228 g/mol. The molecule has 0 aromatic heterocycles. The summed E-state index contributed by atoms with van der Waals surface area (Å²) in [7, 11) is 1.40. The third kappa shape index (κ3) is 3.25. The van der Waals surface area contributed by atoms with E-state index in [-0.39, 0.29) is 5.97 Å². The molecule has 0 spiro atoms. The van der Waals surface area contributed by atoms with Crippen molar-refractivity contribution in [1.82, 2.24) is 0 Å². The Morgan fingerprint density at radius 3 is 2.11 bits per heavy atom. The molecular formula is C15H22O3. The summed E-state index contributed by atoms with van der Waals surface area (Å²) in [6.45, 7) is 10.0. The maximum Gasteiger partial charge on any atom is 0.314 e. The number of methoxy groups -OCH3 is 1. The number of esters is 1. The highest BCUT2D eigenvalue weighted by Gasteiger charge is 2.30. The van der Waals surface area contributed by atoms with Gasteiger partial charge < -0.3 is 9.47 Å². The van der Waals surface area contributed by atoms with Crippen LogP contribution in [0.2, 0.25) is 0 Å². The monoisotopic (exact) mass is 250 g/mol. The summed E-state index contributed by atoms with van der Waals surface area (Å²) in [5.74, 6) is 0.600. The van der Waals surface area contributed by atoms with Gasteiger partial charge in [0.15, 0.2) is 0 Å². The first kappa shape index (κ1) is 14.6. The van der Waals surface area contributed by atoms with Crippen molar-refractivity contribution in [2.45, 2.75) is 34.6 Å². The number of carbonyl (C=O) groups excluding carboxylic acids is 1. The number of ether oxygens (including phenoxy) is 2. The topological polar surface area (TPSA) is 35.5 Å². The van der Waals surface area contributed by atoms with Crippen LogP contribution in [-0.2, 0) is 9.53 Å². The second-order valence-corrected chi connectivity index (χ2v) is 5.39. The highest BCUT2D eigenvalue weighted by molar-refractivity contribution is 5.75. The van der Waals surface area contributed by atoms with E-state index < -0.39 is 5.41 Å². The summed E-state index contributed by atoms with van der Waals surface area (Å²) in [6.07, 6.45) is 0.